The van der Waals surface area contributed by atoms with E-state index in [-0.39, 0.29) is 22.6 Å². The largest absolute Gasteiger partial charge is 0.507 e. The highest BCUT2D eigenvalue weighted by Gasteiger charge is 2.48. The molecule has 43 heavy (non-hydrogen) atoms. The summed E-state index contributed by atoms with van der Waals surface area (Å²) in [4.78, 5) is 40.5. The molecule has 2 unspecified atom stereocenters. The van der Waals surface area contributed by atoms with Gasteiger partial charge in [0.1, 0.15) is 17.6 Å². The molecule has 218 valence electrons. The molecule has 2 aliphatic heterocycles. The van der Waals surface area contributed by atoms with Crippen molar-refractivity contribution in [2.24, 2.45) is 0 Å². The van der Waals surface area contributed by atoms with Crippen LogP contribution in [-0.4, -0.2) is 46.2 Å². The smallest absolute Gasteiger partial charge is 0.337 e. The number of hydrogen-bond acceptors (Lipinski definition) is 10. The van der Waals surface area contributed by atoms with Crippen molar-refractivity contribution >= 4 is 63.3 Å². The van der Waals surface area contributed by atoms with E-state index in [1.54, 1.807) is 42.5 Å². The molecule has 1 aromatic heterocycles. The van der Waals surface area contributed by atoms with E-state index in [1.807, 2.05) is 31.2 Å². The van der Waals surface area contributed by atoms with Gasteiger partial charge in [-0.3, -0.25) is 14.5 Å². The number of Topliss-reactive ketones (excluding diaryl/α,β-unsaturated/α-hetero) is 1. The van der Waals surface area contributed by atoms with Gasteiger partial charge in [0.25, 0.3) is 5.78 Å². The van der Waals surface area contributed by atoms with Crippen LogP contribution in [0.1, 0.15) is 45.6 Å². The lowest BCUT2D eigenvalue weighted by atomic mass is 9.94. The van der Waals surface area contributed by atoms with Gasteiger partial charge in [-0.2, -0.15) is 0 Å². The number of aliphatic hydroxyl groups excluding tert-OH is 1. The first-order chi connectivity index (χ1) is 20.7. The Kier molecular flexibility index (Phi) is 7.95. The first-order valence-electron chi connectivity index (χ1n) is 13.2. The lowest BCUT2D eigenvalue weighted by Crippen LogP contribution is -2.29. The van der Waals surface area contributed by atoms with Crippen molar-refractivity contribution in [2.45, 2.75) is 35.6 Å². The topological polar surface area (TPSA) is 119 Å². The lowest BCUT2D eigenvalue weighted by molar-refractivity contribution is -0.132. The SMILES string of the molecule is COC(=O)c1ccc(C2/C(=C(\O)c3ccc4c(c3)CC(C)O4)C(=O)C(=O)N2c2nnc(SCc3ccccc3Cl)s2)cc1. The van der Waals surface area contributed by atoms with E-state index in [0.29, 0.717) is 38.2 Å². The standard InChI is InChI=1S/C31H24ClN3O6S2/c1-16-13-21-14-19(11-12-23(21)41-16)26(36)24-25(17-7-9-18(10-8-17)29(39)40-2)35(28(38)27(24)37)30-33-34-31(43-30)42-15-20-5-3-4-6-22(20)32/h3-12,14,16,25,36H,13,15H2,1-2H3/b26-24+. The predicted octanol–water partition coefficient (Wildman–Crippen LogP) is 6.22. The van der Waals surface area contributed by atoms with Crippen LogP contribution in [0.5, 0.6) is 5.75 Å². The predicted molar refractivity (Wildman–Crippen MR) is 164 cm³/mol. The van der Waals surface area contributed by atoms with Crippen molar-refractivity contribution in [1.29, 1.82) is 0 Å². The molecule has 0 saturated carbocycles. The van der Waals surface area contributed by atoms with E-state index in [1.165, 1.54) is 23.8 Å². The molecule has 1 saturated heterocycles. The minimum absolute atomic E-state index is 0.00585. The number of amides is 1. The van der Waals surface area contributed by atoms with Crippen molar-refractivity contribution in [2.75, 3.05) is 12.0 Å². The average molecular weight is 634 g/mol. The van der Waals surface area contributed by atoms with E-state index >= 15 is 0 Å². The van der Waals surface area contributed by atoms with E-state index < -0.39 is 23.7 Å². The fourth-order valence-electron chi connectivity index (χ4n) is 5.10. The van der Waals surface area contributed by atoms with Crippen molar-refractivity contribution in [1.82, 2.24) is 10.2 Å². The van der Waals surface area contributed by atoms with Gasteiger partial charge in [0, 0.05) is 22.8 Å². The molecule has 0 radical (unpaired) electrons. The molecular formula is C31H24ClN3O6S2. The molecule has 9 nitrogen and oxygen atoms in total. The highest BCUT2D eigenvalue weighted by Crippen LogP contribution is 2.45. The van der Waals surface area contributed by atoms with Gasteiger partial charge in [-0.1, -0.05) is 65.0 Å². The summed E-state index contributed by atoms with van der Waals surface area (Å²) in [5, 5.41) is 20.9. The molecule has 1 amide bonds. The number of rotatable bonds is 7. The number of fused-ring (bicyclic) bond motifs is 1. The first-order valence-corrected chi connectivity index (χ1v) is 15.4. The lowest BCUT2D eigenvalue weighted by Gasteiger charge is -2.22. The number of methoxy groups -OCH3 is 1. The summed E-state index contributed by atoms with van der Waals surface area (Å²) >= 11 is 8.85. The van der Waals surface area contributed by atoms with Crippen molar-refractivity contribution in [3.8, 4) is 5.75 Å². The number of carbonyl (C=O) groups is 3. The summed E-state index contributed by atoms with van der Waals surface area (Å²) < 4.78 is 11.2. The van der Waals surface area contributed by atoms with Crippen LogP contribution in [-0.2, 0) is 26.5 Å². The Morgan fingerprint density at radius 2 is 1.86 bits per heavy atom. The van der Waals surface area contributed by atoms with Crippen LogP contribution in [0.2, 0.25) is 5.02 Å². The summed E-state index contributed by atoms with van der Waals surface area (Å²) in [5.41, 5.74) is 2.90. The maximum atomic E-state index is 13.6. The maximum absolute atomic E-state index is 13.6. The number of halogens is 1. The molecule has 6 rings (SSSR count). The summed E-state index contributed by atoms with van der Waals surface area (Å²) in [6, 6.07) is 18.0. The van der Waals surface area contributed by atoms with Gasteiger partial charge in [-0.15, -0.1) is 10.2 Å². The highest BCUT2D eigenvalue weighted by atomic mass is 35.5. The second kappa shape index (κ2) is 11.8. The first kappa shape index (κ1) is 28.9. The quantitative estimate of drug-likeness (QED) is 0.0632. The maximum Gasteiger partial charge on any atom is 0.337 e. The number of ether oxygens (including phenoxy) is 2. The second-order valence-electron chi connectivity index (χ2n) is 9.97. The Morgan fingerprint density at radius 1 is 1.12 bits per heavy atom. The molecule has 2 atom stereocenters. The number of aliphatic hydroxyl groups is 1. The number of benzene rings is 3. The highest BCUT2D eigenvalue weighted by molar-refractivity contribution is 8.00. The van der Waals surface area contributed by atoms with Crippen LogP contribution in [0.15, 0.2) is 76.6 Å². The van der Waals surface area contributed by atoms with Crippen molar-refractivity contribution < 1.29 is 29.0 Å². The number of ketones is 1. The summed E-state index contributed by atoms with van der Waals surface area (Å²) in [6.07, 6.45) is 0.650. The Labute approximate surface area is 260 Å². The number of aromatic nitrogens is 2. The Hall–Kier alpha value is -4.19. The molecule has 0 spiro atoms. The fraction of sp³-hybridized carbons (Fsp3) is 0.194. The van der Waals surface area contributed by atoms with Crippen molar-refractivity contribution in [3.63, 3.8) is 0 Å². The fourth-order valence-corrected chi connectivity index (χ4v) is 7.26. The number of hydrogen-bond donors (Lipinski definition) is 1. The van der Waals surface area contributed by atoms with Gasteiger partial charge in [0.2, 0.25) is 5.13 Å². The third-order valence-corrected chi connectivity index (χ3v) is 9.65. The zero-order valence-electron chi connectivity index (χ0n) is 22.9. The summed E-state index contributed by atoms with van der Waals surface area (Å²) in [5.74, 6) is -1.30. The van der Waals surface area contributed by atoms with Gasteiger partial charge in [0.05, 0.1) is 24.3 Å². The van der Waals surface area contributed by atoms with Crippen LogP contribution >= 0.6 is 34.7 Å². The van der Waals surface area contributed by atoms with Crippen LogP contribution in [0.3, 0.4) is 0 Å². The molecule has 1 fully saturated rings. The summed E-state index contributed by atoms with van der Waals surface area (Å²) in [7, 11) is 1.28. The van der Waals surface area contributed by atoms with E-state index in [4.69, 9.17) is 21.1 Å². The molecule has 3 aromatic carbocycles. The number of esters is 1. The van der Waals surface area contributed by atoms with Gasteiger partial charge in [-0.05, 0) is 60.0 Å². The molecule has 4 aromatic rings. The summed E-state index contributed by atoms with van der Waals surface area (Å²) in [6.45, 7) is 1.95. The Bertz CT molecular complexity index is 1790. The van der Waals surface area contributed by atoms with Crippen LogP contribution in [0, 0.1) is 0 Å². The molecule has 3 heterocycles. The zero-order valence-corrected chi connectivity index (χ0v) is 25.3. The van der Waals surface area contributed by atoms with Crippen LogP contribution < -0.4 is 9.64 Å². The zero-order chi connectivity index (χ0) is 30.2. The number of nitrogens with zero attached hydrogens (tertiary/aromatic N) is 3. The van der Waals surface area contributed by atoms with Gasteiger partial charge < -0.3 is 14.6 Å². The van der Waals surface area contributed by atoms with Gasteiger partial charge in [0.15, 0.2) is 4.34 Å². The number of carbonyl (C=O) groups excluding carboxylic acids is 3. The molecular weight excluding hydrogens is 610 g/mol. The minimum Gasteiger partial charge on any atom is -0.507 e. The molecule has 2 aliphatic rings. The van der Waals surface area contributed by atoms with E-state index in [2.05, 4.69) is 10.2 Å². The monoisotopic (exact) mass is 633 g/mol. The van der Waals surface area contributed by atoms with Gasteiger partial charge >= 0.3 is 11.9 Å². The Morgan fingerprint density at radius 3 is 2.60 bits per heavy atom. The van der Waals surface area contributed by atoms with Crippen LogP contribution in [0.4, 0.5) is 5.13 Å². The van der Waals surface area contributed by atoms with E-state index in [0.717, 1.165) is 28.2 Å². The average Bonchev–Trinajstić information content (AvgIpc) is 3.70. The van der Waals surface area contributed by atoms with Gasteiger partial charge in [-0.25, -0.2) is 4.79 Å². The molecule has 0 aliphatic carbocycles. The number of thioether (sulfide) groups is 1. The van der Waals surface area contributed by atoms with Crippen molar-refractivity contribution in [3.05, 3.63) is 105 Å². The number of anilines is 1. The van der Waals surface area contributed by atoms with Crippen LogP contribution in [0.25, 0.3) is 5.76 Å². The minimum atomic E-state index is -1.02. The molecule has 1 N–H and O–H groups in total. The Balaban J connectivity index is 1.40. The normalized spacial score (nSPS) is 18.9. The molecule has 12 heteroatoms. The molecule has 0 bridgehead atoms. The van der Waals surface area contributed by atoms with E-state index in [9.17, 15) is 19.5 Å². The third kappa shape index (κ3) is 5.51. The third-order valence-electron chi connectivity index (χ3n) is 7.17. The second-order valence-corrected chi connectivity index (χ2v) is 12.6.